The van der Waals surface area contributed by atoms with Gasteiger partial charge in [0.05, 0.1) is 13.7 Å². The molecule has 0 fully saturated rings. The van der Waals surface area contributed by atoms with Crippen LogP contribution < -0.4 is 0 Å². The molecule has 0 saturated heterocycles. The molecule has 0 aliphatic rings. The van der Waals surface area contributed by atoms with Gasteiger partial charge in [-0.3, -0.25) is 0 Å². The fourth-order valence-electron chi connectivity index (χ4n) is 0.279. The normalized spacial score (nSPS) is 7.70. The Morgan fingerprint density at radius 1 is 1.70 bits per heavy atom. The Morgan fingerprint density at radius 2 is 2.40 bits per heavy atom. The highest BCUT2D eigenvalue weighted by Gasteiger charge is 1.96. The minimum Gasteiger partial charge on any atom is -0.438 e. The molecular formula is C5H7NO4. The average Bonchev–Trinajstić information content (AvgIpc) is 1.98. The summed E-state index contributed by atoms with van der Waals surface area (Å²) < 4.78 is 8.49. The molecule has 0 aromatic rings. The van der Waals surface area contributed by atoms with Gasteiger partial charge in [-0.1, -0.05) is 0 Å². The third kappa shape index (κ3) is 4.80. The van der Waals surface area contributed by atoms with Gasteiger partial charge in [-0.15, -0.1) is 0 Å². The van der Waals surface area contributed by atoms with Crippen molar-refractivity contribution >= 4 is 12.2 Å². The van der Waals surface area contributed by atoms with Gasteiger partial charge in [0.1, 0.15) is 6.61 Å². The Hall–Kier alpha value is -1.35. The van der Waals surface area contributed by atoms with Crippen molar-refractivity contribution in [1.82, 2.24) is 0 Å². The van der Waals surface area contributed by atoms with Crippen molar-refractivity contribution in [2.24, 2.45) is 4.99 Å². The Bertz CT molecular complexity index is 150. The second-order valence-corrected chi connectivity index (χ2v) is 1.28. The predicted molar refractivity (Wildman–Crippen MR) is 31.3 cm³/mol. The first-order chi connectivity index (χ1) is 4.81. The van der Waals surface area contributed by atoms with Gasteiger partial charge in [0, 0.05) is 0 Å². The van der Waals surface area contributed by atoms with Crippen LogP contribution in [-0.2, 0) is 14.3 Å². The fourth-order valence-corrected chi connectivity index (χ4v) is 0.279. The molecule has 0 aromatic carbocycles. The van der Waals surface area contributed by atoms with Crippen LogP contribution in [0.4, 0.5) is 4.79 Å². The van der Waals surface area contributed by atoms with Crippen molar-refractivity contribution in [2.75, 3.05) is 20.3 Å². The second-order valence-electron chi connectivity index (χ2n) is 1.28. The zero-order valence-corrected chi connectivity index (χ0v) is 5.49. The summed E-state index contributed by atoms with van der Waals surface area (Å²) in [5.41, 5.74) is 0. The van der Waals surface area contributed by atoms with E-state index in [0.29, 0.717) is 0 Å². The molecule has 0 spiro atoms. The number of methoxy groups -OCH3 is 1. The van der Waals surface area contributed by atoms with E-state index in [-0.39, 0.29) is 13.2 Å². The predicted octanol–water partition coefficient (Wildman–Crippen LogP) is 0.105. The summed E-state index contributed by atoms with van der Waals surface area (Å²) in [7, 11) is 1.20. The van der Waals surface area contributed by atoms with Gasteiger partial charge in [0.15, 0.2) is 0 Å². The van der Waals surface area contributed by atoms with Crippen LogP contribution in [0.2, 0.25) is 0 Å². The summed E-state index contributed by atoms with van der Waals surface area (Å²) in [6.07, 6.45) is 0.526. The number of isocyanates is 1. The van der Waals surface area contributed by atoms with Gasteiger partial charge >= 0.3 is 6.16 Å². The number of carbonyl (C=O) groups is 1. The number of hydrogen-bond acceptors (Lipinski definition) is 5. The molecule has 0 aliphatic carbocycles. The zero-order valence-electron chi connectivity index (χ0n) is 5.49. The lowest BCUT2D eigenvalue weighted by Crippen LogP contribution is -2.06. The van der Waals surface area contributed by atoms with E-state index >= 15 is 0 Å². The zero-order chi connectivity index (χ0) is 7.82. The van der Waals surface area contributed by atoms with Gasteiger partial charge in [0.2, 0.25) is 6.08 Å². The van der Waals surface area contributed by atoms with Crippen LogP contribution in [0.1, 0.15) is 0 Å². The topological polar surface area (TPSA) is 65.0 Å². The molecule has 0 unspecified atom stereocenters. The number of rotatable bonds is 3. The Morgan fingerprint density at radius 3 is 2.90 bits per heavy atom. The Labute approximate surface area is 57.6 Å². The molecule has 0 N–H and O–H groups in total. The summed E-state index contributed by atoms with van der Waals surface area (Å²) in [5.74, 6) is 0. The minimum absolute atomic E-state index is 0.0436. The summed E-state index contributed by atoms with van der Waals surface area (Å²) in [4.78, 5) is 22.8. The van der Waals surface area contributed by atoms with Crippen LogP contribution in [0.5, 0.6) is 0 Å². The van der Waals surface area contributed by atoms with Crippen LogP contribution in [0, 0.1) is 0 Å². The van der Waals surface area contributed by atoms with E-state index in [1.807, 2.05) is 0 Å². The fraction of sp³-hybridized carbons (Fsp3) is 0.600. The maximum atomic E-state index is 10.2. The number of ether oxygens (including phenoxy) is 2. The number of hydrogen-bond donors (Lipinski definition) is 0. The second kappa shape index (κ2) is 5.78. The van der Waals surface area contributed by atoms with Crippen LogP contribution in [0.15, 0.2) is 4.99 Å². The lowest BCUT2D eigenvalue weighted by Gasteiger charge is -1.97. The summed E-state index contributed by atoms with van der Waals surface area (Å²) in [5, 5.41) is 0. The SMILES string of the molecule is COC(=O)OCCN=C=O. The van der Waals surface area contributed by atoms with E-state index in [0.717, 1.165) is 0 Å². The van der Waals surface area contributed by atoms with E-state index in [1.54, 1.807) is 0 Å². The average molecular weight is 145 g/mol. The van der Waals surface area contributed by atoms with E-state index in [1.165, 1.54) is 13.2 Å². The third-order valence-corrected chi connectivity index (χ3v) is 0.654. The molecule has 0 amide bonds. The minimum atomic E-state index is -0.777. The summed E-state index contributed by atoms with van der Waals surface area (Å²) in [6, 6.07) is 0. The number of carbonyl (C=O) groups excluding carboxylic acids is 2. The quantitative estimate of drug-likeness (QED) is 0.244. The molecule has 56 valence electrons. The third-order valence-electron chi connectivity index (χ3n) is 0.654. The standard InChI is InChI=1S/C5H7NO4/c1-9-5(8)10-3-2-6-4-7/h2-3H2,1H3. The Balaban J connectivity index is 3.19. The number of aliphatic imine (C=N–C) groups is 1. The molecule has 5 nitrogen and oxygen atoms in total. The molecule has 0 radical (unpaired) electrons. The molecule has 0 bridgehead atoms. The molecule has 0 heterocycles. The first-order valence-corrected chi connectivity index (χ1v) is 2.55. The first-order valence-electron chi connectivity index (χ1n) is 2.55. The van der Waals surface area contributed by atoms with Crippen LogP contribution in [-0.4, -0.2) is 32.5 Å². The Kier molecular flexibility index (Phi) is 5.00. The summed E-state index contributed by atoms with van der Waals surface area (Å²) in [6.45, 7) is 0.167. The lowest BCUT2D eigenvalue weighted by atomic mass is 10.7. The van der Waals surface area contributed by atoms with Crippen molar-refractivity contribution in [3.05, 3.63) is 0 Å². The summed E-state index contributed by atoms with van der Waals surface area (Å²) >= 11 is 0. The van der Waals surface area contributed by atoms with Gasteiger partial charge in [-0.05, 0) is 0 Å². The van der Waals surface area contributed by atoms with Gasteiger partial charge < -0.3 is 9.47 Å². The molecule has 0 aliphatic heterocycles. The van der Waals surface area contributed by atoms with Crippen molar-refractivity contribution < 1.29 is 19.1 Å². The van der Waals surface area contributed by atoms with Crippen LogP contribution in [0.3, 0.4) is 0 Å². The lowest BCUT2D eigenvalue weighted by molar-refractivity contribution is 0.0752. The number of nitrogens with zero attached hydrogens (tertiary/aromatic N) is 1. The monoisotopic (exact) mass is 145 g/mol. The van der Waals surface area contributed by atoms with Gasteiger partial charge in [0.25, 0.3) is 0 Å². The van der Waals surface area contributed by atoms with Gasteiger partial charge in [-0.25, -0.2) is 14.6 Å². The molecular weight excluding hydrogens is 138 g/mol. The molecule has 0 saturated carbocycles. The van der Waals surface area contributed by atoms with E-state index in [2.05, 4.69) is 14.5 Å². The van der Waals surface area contributed by atoms with Crippen molar-refractivity contribution in [2.45, 2.75) is 0 Å². The smallest absolute Gasteiger partial charge is 0.438 e. The maximum Gasteiger partial charge on any atom is 0.508 e. The highest BCUT2D eigenvalue weighted by molar-refractivity contribution is 5.59. The van der Waals surface area contributed by atoms with Crippen molar-refractivity contribution in [1.29, 1.82) is 0 Å². The van der Waals surface area contributed by atoms with Crippen LogP contribution in [0.25, 0.3) is 0 Å². The molecule has 10 heavy (non-hydrogen) atoms. The van der Waals surface area contributed by atoms with Crippen LogP contribution >= 0.6 is 0 Å². The van der Waals surface area contributed by atoms with Crippen molar-refractivity contribution in [3.63, 3.8) is 0 Å². The highest BCUT2D eigenvalue weighted by atomic mass is 16.7. The molecule has 0 atom stereocenters. The molecule has 0 rings (SSSR count). The van der Waals surface area contributed by atoms with Crippen molar-refractivity contribution in [3.8, 4) is 0 Å². The highest BCUT2D eigenvalue weighted by Crippen LogP contribution is 1.80. The van der Waals surface area contributed by atoms with E-state index < -0.39 is 6.16 Å². The largest absolute Gasteiger partial charge is 0.508 e. The molecule has 5 heteroatoms. The van der Waals surface area contributed by atoms with E-state index in [9.17, 15) is 9.59 Å². The van der Waals surface area contributed by atoms with Gasteiger partial charge in [-0.2, -0.15) is 0 Å². The first kappa shape index (κ1) is 8.65. The molecule has 0 aromatic heterocycles. The maximum absolute atomic E-state index is 10.2. The van der Waals surface area contributed by atoms with E-state index in [4.69, 9.17) is 0 Å².